The smallest absolute Gasteiger partial charge is 0.333 e. The van der Waals surface area contributed by atoms with Gasteiger partial charge in [-0.25, -0.2) is 4.98 Å². The lowest BCUT2D eigenvalue weighted by Crippen LogP contribution is -2.06. The van der Waals surface area contributed by atoms with Gasteiger partial charge in [0.2, 0.25) is 0 Å². The molecule has 0 fully saturated rings. The summed E-state index contributed by atoms with van der Waals surface area (Å²) < 4.78 is 77.1. The molecule has 0 amide bonds. The first kappa shape index (κ1) is 15.9. The zero-order chi connectivity index (χ0) is 16.0. The van der Waals surface area contributed by atoms with Gasteiger partial charge in [-0.3, -0.25) is 0 Å². The van der Waals surface area contributed by atoms with Gasteiger partial charge in [0.25, 0.3) is 0 Å². The van der Waals surface area contributed by atoms with Gasteiger partial charge in [0.05, 0.1) is 5.56 Å². The van der Waals surface area contributed by atoms with Crippen molar-refractivity contribution in [2.24, 2.45) is 7.05 Å². The molecule has 0 aliphatic heterocycles. The first-order chi connectivity index (χ1) is 9.48. The van der Waals surface area contributed by atoms with Crippen molar-refractivity contribution in [1.29, 1.82) is 0 Å². The van der Waals surface area contributed by atoms with Crippen LogP contribution in [-0.2, 0) is 19.4 Å². The largest absolute Gasteiger partial charge is 0.434 e. The van der Waals surface area contributed by atoms with E-state index >= 15 is 0 Å². The van der Waals surface area contributed by atoms with Gasteiger partial charge in [-0.15, -0.1) is 0 Å². The van der Waals surface area contributed by atoms with Gasteiger partial charge < -0.3 is 4.57 Å². The highest BCUT2D eigenvalue weighted by molar-refractivity contribution is 9.10. The van der Waals surface area contributed by atoms with Crippen molar-refractivity contribution in [1.82, 2.24) is 9.55 Å². The Morgan fingerprint density at radius 3 is 2.10 bits per heavy atom. The van der Waals surface area contributed by atoms with Gasteiger partial charge in [0, 0.05) is 23.3 Å². The third kappa shape index (κ3) is 3.39. The molecule has 0 bridgehead atoms. The first-order valence-electron chi connectivity index (χ1n) is 5.47. The van der Waals surface area contributed by atoms with E-state index in [1.807, 2.05) is 0 Å². The van der Waals surface area contributed by atoms with Crippen molar-refractivity contribution in [2.45, 2.75) is 12.4 Å². The summed E-state index contributed by atoms with van der Waals surface area (Å²) in [6.45, 7) is 0. The Bertz CT molecular complexity index is 671. The third-order valence-corrected chi connectivity index (χ3v) is 3.11. The maximum Gasteiger partial charge on any atom is 0.434 e. The van der Waals surface area contributed by atoms with Gasteiger partial charge in [-0.1, -0.05) is 15.9 Å². The Balaban J connectivity index is 2.57. The number of alkyl halides is 6. The minimum absolute atomic E-state index is 0.0605. The molecule has 2 rings (SSSR count). The van der Waals surface area contributed by atoms with E-state index in [4.69, 9.17) is 0 Å². The predicted molar refractivity (Wildman–Crippen MR) is 66.3 cm³/mol. The predicted octanol–water partition coefficient (Wildman–Crippen LogP) is 4.89. The zero-order valence-corrected chi connectivity index (χ0v) is 11.9. The number of imidazole rings is 1. The first-order valence-corrected chi connectivity index (χ1v) is 6.26. The van der Waals surface area contributed by atoms with Crippen LogP contribution in [0.25, 0.3) is 11.4 Å². The van der Waals surface area contributed by atoms with Crippen LogP contribution in [0, 0.1) is 0 Å². The molecule has 0 aliphatic carbocycles. The van der Waals surface area contributed by atoms with Crippen LogP contribution in [0.15, 0.2) is 28.9 Å². The standard InChI is InChI=1S/C12H7BrF6N2/c1-21-5-9(12(17,18)19)20-10(21)6-2-7(11(14,15)16)4-8(13)3-6/h2-5H,1H3. The van der Waals surface area contributed by atoms with Gasteiger partial charge in [0.1, 0.15) is 5.82 Å². The highest BCUT2D eigenvalue weighted by atomic mass is 79.9. The second kappa shape index (κ2) is 5.04. The summed E-state index contributed by atoms with van der Waals surface area (Å²) in [5.74, 6) is -0.200. The lowest BCUT2D eigenvalue weighted by molar-refractivity contribution is -0.141. The van der Waals surface area contributed by atoms with E-state index in [1.165, 1.54) is 13.1 Å². The fraction of sp³-hybridized carbons (Fsp3) is 0.250. The third-order valence-electron chi connectivity index (χ3n) is 2.65. The van der Waals surface area contributed by atoms with E-state index in [9.17, 15) is 26.3 Å². The van der Waals surface area contributed by atoms with Crippen molar-refractivity contribution in [3.8, 4) is 11.4 Å². The van der Waals surface area contributed by atoms with Crippen LogP contribution >= 0.6 is 15.9 Å². The van der Waals surface area contributed by atoms with Crippen LogP contribution in [0.4, 0.5) is 26.3 Å². The minimum atomic E-state index is -4.66. The molecule has 0 N–H and O–H groups in total. The van der Waals surface area contributed by atoms with Crippen LogP contribution < -0.4 is 0 Å². The molecule has 21 heavy (non-hydrogen) atoms. The summed E-state index contributed by atoms with van der Waals surface area (Å²) in [7, 11) is 1.28. The molecule has 1 heterocycles. The van der Waals surface area contributed by atoms with Crippen LogP contribution in [0.2, 0.25) is 0 Å². The Kier molecular flexibility index (Phi) is 3.81. The molecule has 0 atom stereocenters. The Morgan fingerprint density at radius 2 is 1.62 bits per heavy atom. The summed E-state index contributed by atoms with van der Waals surface area (Å²) >= 11 is 2.91. The molecular weight excluding hydrogens is 366 g/mol. The van der Waals surface area contributed by atoms with Crippen molar-refractivity contribution in [3.05, 3.63) is 40.1 Å². The Hall–Kier alpha value is -1.51. The molecule has 0 spiro atoms. The number of halogens is 7. The van der Waals surface area contributed by atoms with Crippen LogP contribution in [0.3, 0.4) is 0 Å². The van der Waals surface area contributed by atoms with Crippen molar-refractivity contribution >= 4 is 15.9 Å². The number of benzene rings is 1. The summed E-state index contributed by atoms with van der Waals surface area (Å²) in [6, 6.07) is 2.88. The van der Waals surface area contributed by atoms with Crippen molar-refractivity contribution in [3.63, 3.8) is 0 Å². The van der Waals surface area contributed by atoms with Gasteiger partial charge >= 0.3 is 12.4 Å². The van der Waals surface area contributed by atoms with Crippen LogP contribution in [0.5, 0.6) is 0 Å². The molecule has 2 nitrogen and oxygen atoms in total. The summed E-state index contributed by atoms with van der Waals surface area (Å²) in [6.07, 6.45) is -8.53. The molecule has 0 saturated heterocycles. The van der Waals surface area contributed by atoms with E-state index in [-0.39, 0.29) is 15.9 Å². The lowest BCUT2D eigenvalue weighted by Gasteiger charge is -2.10. The van der Waals surface area contributed by atoms with E-state index in [1.54, 1.807) is 0 Å². The monoisotopic (exact) mass is 372 g/mol. The second-order valence-corrected chi connectivity index (χ2v) is 5.20. The SMILES string of the molecule is Cn1cc(C(F)(F)F)nc1-c1cc(Br)cc(C(F)(F)F)c1. The zero-order valence-electron chi connectivity index (χ0n) is 10.3. The number of hydrogen-bond donors (Lipinski definition) is 0. The number of nitrogens with zero attached hydrogens (tertiary/aromatic N) is 2. The van der Waals surface area contributed by atoms with Crippen molar-refractivity contribution < 1.29 is 26.3 Å². The molecule has 9 heteroatoms. The lowest BCUT2D eigenvalue weighted by atomic mass is 10.1. The second-order valence-electron chi connectivity index (χ2n) is 4.28. The Morgan fingerprint density at radius 1 is 1.00 bits per heavy atom. The van der Waals surface area contributed by atoms with Crippen molar-refractivity contribution in [2.75, 3.05) is 0 Å². The molecular formula is C12H7BrF6N2. The topological polar surface area (TPSA) is 17.8 Å². The maximum absolute atomic E-state index is 12.7. The molecule has 114 valence electrons. The highest BCUT2D eigenvalue weighted by Crippen LogP contribution is 2.36. The van der Waals surface area contributed by atoms with Gasteiger partial charge in [-0.2, -0.15) is 26.3 Å². The number of rotatable bonds is 1. The van der Waals surface area contributed by atoms with E-state index in [2.05, 4.69) is 20.9 Å². The summed E-state index contributed by atoms with van der Waals surface area (Å²) in [5, 5.41) is 0. The average molecular weight is 373 g/mol. The number of aromatic nitrogens is 2. The van der Waals surface area contributed by atoms with Gasteiger partial charge in [0.15, 0.2) is 5.69 Å². The minimum Gasteiger partial charge on any atom is -0.333 e. The molecule has 0 saturated carbocycles. The van der Waals surface area contributed by atoms with E-state index < -0.39 is 23.6 Å². The quantitative estimate of drug-likeness (QED) is 0.652. The van der Waals surface area contributed by atoms with E-state index in [0.717, 1.165) is 22.9 Å². The van der Waals surface area contributed by atoms with Crippen LogP contribution in [0.1, 0.15) is 11.3 Å². The summed E-state index contributed by atoms with van der Waals surface area (Å²) in [5.41, 5.74) is -2.19. The van der Waals surface area contributed by atoms with E-state index in [0.29, 0.717) is 0 Å². The number of aryl methyl sites for hydroxylation is 1. The van der Waals surface area contributed by atoms with Crippen LogP contribution in [-0.4, -0.2) is 9.55 Å². The number of hydrogen-bond acceptors (Lipinski definition) is 1. The highest BCUT2D eigenvalue weighted by Gasteiger charge is 2.35. The normalized spacial score (nSPS) is 12.8. The molecule has 0 aliphatic rings. The maximum atomic E-state index is 12.7. The Labute approximate surface area is 123 Å². The molecule has 1 aromatic heterocycles. The average Bonchev–Trinajstić information content (AvgIpc) is 2.69. The fourth-order valence-electron chi connectivity index (χ4n) is 1.75. The van der Waals surface area contributed by atoms with Gasteiger partial charge in [-0.05, 0) is 18.2 Å². The fourth-order valence-corrected chi connectivity index (χ4v) is 2.25. The summed E-state index contributed by atoms with van der Waals surface area (Å²) in [4.78, 5) is 3.37. The molecule has 0 unspecified atom stereocenters. The molecule has 1 aromatic carbocycles. The molecule has 2 aromatic rings. The molecule has 0 radical (unpaired) electrons.